The molecule has 10 nitrogen and oxygen atoms in total. The first-order valence-electron chi connectivity index (χ1n) is 13.4. The van der Waals surface area contributed by atoms with Gasteiger partial charge in [0.1, 0.15) is 0 Å². The lowest BCUT2D eigenvalue weighted by atomic mass is 10.0. The molecule has 0 saturated heterocycles. The Hall–Kier alpha value is -4.34. The second kappa shape index (κ2) is 18.9. The number of esters is 2. The monoisotopic (exact) mass is 568 g/mol. The maximum atomic E-state index is 12.1. The number of nitrogens with one attached hydrogen (secondary N) is 2. The molecular weight excluding hydrogens is 528 g/mol. The first-order valence-corrected chi connectivity index (χ1v) is 13.4. The third kappa shape index (κ3) is 14.0. The zero-order chi connectivity index (χ0) is 30.8. The summed E-state index contributed by atoms with van der Waals surface area (Å²) in [6, 6.07) is 14.7. The van der Waals surface area contributed by atoms with E-state index in [0.717, 1.165) is 5.56 Å². The van der Waals surface area contributed by atoms with E-state index in [4.69, 9.17) is 0 Å². The molecule has 0 fully saturated rings. The van der Waals surface area contributed by atoms with Crippen LogP contribution >= 0.6 is 0 Å². The summed E-state index contributed by atoms with van der Waals surface area (Å²) in [6.07, 6.45) is 2.30. The average molecular weight is 569 g/mol. The summed E-state index contributed by atoms with van der Waals surface area (Å²) in [6.45, 7) is 4.79. The summed E-state index contributed by atoms with van der Waals surface area (Å²) in [5.41, 5.74) is 2.08. The van der Waals surface area contributed by atoms with Gasteiger partial charge in [0, 0.05) is 24.0 Å². The third-order valence-electron chi connectivity index (χ3n) is 6.14. The summed E-state index contributed by atoms with van der Waals surface area (Å²) in [5, 5.41) is 5.39. The number of hydrogen-bond donors (Lipinski definition) is 2. The van der Waals surface area contributed by atoms with Gasteiger partial charge in [-0.2, -0.15) is 0 Å². The van der Waals surface area contributed by atoms with Crippen LogP contribution in [-0.4, -0.2) is 61.6 Å². The van der Waals surface area contributed by atoms with Crippen LogP contribution < -0.4 is 10.6 Å². The van der Waals surface area contributed by atoms with E-state index >= 15 is 0 Å². The minimum Gasteiger partial charge on any atom is -0.469 e. The molecule has 222 valence electrons. The van der Waals surface area contributed by atoms with Crippen LogP contribution in [0.25, 0.3) is 0 Å². The molecule has 0 radical (unpaired) electrons. The molecule has 2 atom stereocenters. The van der Waals surface area contributed by atoms with Gasteiger partial charge in [-0.05, 0) is 70.7 Å². The van der Waals surface area contributed by atoms with E-state index in [1.807, 2.05) is 25.1 Å². The van der Waals surface area contributed by atoms with Gasteiger partial charge < -0.3 is 20.1 Å². The first-order chi connectivity index (χ1) is 19.5. The fraction of sp³-hybridized carbons (Fsp3) is 0.419. The van der Waals surface area contributed by atoms with E-state index in [0.29, 0.717) is 36.8 Å². The molecule has 0 saturated carbocycles. The minimum atomic E-state index is -0.580. The lowest BCUT2D eigenvalue weighted by Crippen LogP contribution is -2.39. The molecule has 0 aromatic heterocycles. The number of hydrogen-bond acceptors (Lipinski definition) is 8. The van der Waals surface area contributed by atoms with Crippen LogP contribution in [0.3, 0.4) is 0 Å². The highest BCUT2D eigenvalue weighted by atomic mass is 16.5. The lowest BCUT2D eigenvalue weighted by molar-refractivity contribution is -0.141. The molecule has 2 aromatic rings. The van der Waals surface area contributed by atoms with Gasteiger partial charge in [0.05, 0.1) is 26.3 Å². The van der Waals surface area contributed by atoms with E-state index in [-0.39, 0.29) is 48.2 Å². The molecule has 41 heavy (non-hydrogen) atoms. The number of aryl methyl sites for hydroxylation is 1. The normalized spacial score (nSPS) is 11.5. The first kappa shape index (κ1) is 34.7. The van der Waals surface area contributed by atoms with Gasteiger partial charge in [0.15, 0.2) is 11.6 Å². The molecule has 0 aliphatic heterocycles. The highest BCUT2D eigenvalue weighted by molar-refractivity contribution is 5.98. The Morgan fingerprint density at radius 1 is 0.634 bits per heavy atom. The van der Waals surface area contributed by atoms with Crippen LogP contribution in [0.4, 0.5) is 0 Å². The number of Topliss-reactive ketones (excluding diaryl/α,β-unsaturated/α-hetero) is 2. The summed E-state index contributed by atoms with van der Waals surface area (Å²) in [4.78, 5) is 69.2. The predicted octanol–water partition coefficient (Wildman–Crippen LogP) is 3.74. The molecule has 2 aromatic carbocycles. The van der Waals surface area contributed by atoms with Crippen molar-refractivity contribution >= 4 is 35.3 Å². The number of rotatable bonds is 14. The SMILES string of the molecule is COC(=O)CCCC(NC(=O)c1ccc(C)cc1)C(C)=O.COC(=O)CCCC(NC(=O)c1ccccc1)C(C)=O. The second-order valence-electron chi connectivity index (χ2n) is 9.44. The fourth-order valence-corrected chi connectivity index (χ4v) is 3.64. The van der Waals surface area contributed by atoms with Crippen molar-refractivity contribution in [3.05, 3.63) is 71.3 Å². The predicted molar refractivity (Wildman–Crippen MR) is 153 cm³/mol. The van der Waals surface area contributed by atoms with Gasteiger partial charge >= 0.3 is 11.9 Å². The summed E-state index contributed by atoms with van der Waals surface area (Å²) >= 11 is 0. The van der Waals surface area contributed by atoms with Crippen molar-refractivity contribution in [3.8, 4) is 0 Å². The summed E-state index contributed by atoms with van der Waals surface area (Å²) < 4.78 is 9.07. The van der Waals surface area contributed by atoms with Crippen molar-refractivity contribution in [2.24, 2.45) is 0 Å². The highest BCUT2D eigenvalue weighted by Crippen LogP contribution is 2.08. The summed E-state index contributed by atoms with van der Waals surface area (Å²) in [5.74, 6) is -1.46. The quantitative estimate of drug-likeness (QED) is 0.328. The Morgan fingerprint density at radius 3 is 1.39 bits per heavy atom. The Balaban J connectivity index is 0.000000410. The molecule has 2 rings (SSSR count). The van der Waals surface area contributed by atoms with Crippen LogP contribution in [0.15, 0.2) is 54.6 Å². The minimum absolute atomic E-state index is 0.125. The average Bonchev–Trinajstić information content (AvgIpc) is 2.96. The van der Waals surface area contributed by atoms with Gasteiger partial charge in [-0.1, -0.05) is 35.9 Å². The topological polar surface area (TPSA) is 145 Å². The van der Waals surface area contributed by atoms with Gasteiger partial charge in [-0.3, -0.25) is 28.8 Å². The van der Waals surface area contributed by atoms with E-state index in [2.05, 4.69) is 20.1 Å². The molecule has 0 aliphatic rings. The molecule has 0 heterocycles. The molecule has 2 amide bonds. The maximum absolute atomic E-state index is 12.1. The van der Waals surface area contributed by atoms with Gasteiger partial charge in [-0.25, -0.2) is 0 Å². The molecule has 2 unspecified atom stereocenters. The molecule has 0 bridgehead atoms. The Labute approximate surface area is 241 Å². The highest BCUT2D eigenvalue weighted by Gasteiger charge is 2.19. The van der Waals surface area contributed by atoms with Gasteiger partial charge in [-0.15, -0.1) is 0 Å². The maximum Gasteiger partial charge on any atom is 0.305 e. The number of methoxy groups -OCH3 is 2. The summed E-state index contributed by atoms with van der Waals surface area (Å²) in [7, 11) is 2.64. The van der Waals surface area contributed by atoms with Gasteiger partial charge in [0.2, 0.25) is 0 Å². The second-order valence-corrected chi connectivity index (χ2v) is 9.44. The Bertz CT molecular complexity index is 1160. The van der Waals surface area contributed by atoms with Crippen LogP contribution in [0.2, 0.25) is 0 Å². The fourth-order valence-electron chi connectivity index (χ4n) is 3.64. The van der Waals surface area contributed by atoms with E-state index < -0.39 is 12.1 Å². The van der Waals surface area contributed by atoms with Crippen molar-refractivity contribution < 1.29 is 38.2 Å². The number of carbonyl (C=O) groups excluding carboxylic acids is 6. The van der Waals surface area contributed by atoms with E-state index in [9.17, 15) is 28.8 Å². The zero-order valence-electron chi connectivity index (χ0n) is 24.4. The lowest BCUT2D eigenvalue weighted by Gasteiger charge is -2.15. The third-order valence-corrected chi connectivity index (χ3v) is 6.14. The van der Waals surface area contributed by atoms with Crippen molar-refractivity contribution in [2.75, 3.05) is 14.2 Å². The van der Waals surface area contributed by atoms with Crippen LogP contribution in [0.5, 0.6) is 0 Å². The molecule has 0 spiro atoms. The number of ether oxygens (including phenoxy) is 2. The molecular formula is C31H40N2O8. The van der Waals surface area contributed by atoms with Gasteiger partial charge in [0.25, 0.3) is 11.8 Å². The van der Waals surface area contributed by atoms with Crippen LogP contribution in [0.1, 0.15) is 78.7 Å². The molecule has 0 aliphatic carbocycles. The number of amides is 2. The number of ketones is 2. The Kier molecular flexibility index (Phi) is 16.0. The van der Waals surface area contributed by atoms with Crippen molar-refractivity contribution in [1.29, 1.82) is 0 Å². The number of carbonyl (C=O) groups is 6. The number of benzene rings is 2. The largest absolute Gasteiger partial charge is 0.469 e. The van der Waals surface area contributed by atoms with Crippen molar-refractivity contribution in [2.45, 2.75) is 71.4 Å². The van der Waals surface area contributed by atoms with E-state index in [1.165, 1.54) is 28.1 Å². The molecule has 2 N–H and O–H groups in total. The standard InChI is InChI=1S/C16H21NO4.C15H19NO4/c1-11-7-9-13(10-8-11)16(20)17-14(12(2)18)5-4-6-15(19)21-3;1-11(17)13(9-6-10-14(18)20-2)16-15(19)12-7-4-3-5-8-12/h7-10,14H,4-6H2,1-3H3,(H,17,20);3-5,7-8,13H,6,9-10H2,1-2H3,(H,16,19). The van der Waals surface area contributed by atoms with Crippen molar-refractivity contribution in [1.82, 2.24) is 10.6 Å². The van der Waals surface area contributed by atoms with E-state index in [1.54, 1.807) is 36.4 Å². The zero-order valence-corrected chi connectivity index (χ0v) is 24.4. The molecule has 10 heteroatoms. The Morgan fingerprint density at radius 2 is 1.02 bits per heavy atom. The van der Waals surface area contributed by atoms with Crippen LogP contribution in [-0.2, 0) is 28.7 Å². The van der Waals surface area contributed by atoms with Crippen LogP contribution in [0, 0.1) is 6.92 Å². The van der Waals surface area contributed by atoms with Crippen molar-refractivity contribution in [3.63, 3.8) is 0 Å². The smallest absolute Gasteiger partial charge is 0.305 e.